The van der Waals surface area contributed by atoms with Gasteiger partial charge in [0.1, 0.15) is 11.5 Å². The van der Waals surface area contributed by atoms with Crippen molar-refractivity contribution in [1.82, 2.24) is 9.97 Å². The minimum Gasteiger partial charge on any atom is -0.495 e. The lowest BCUT2D eigenvalue weighted by Gasteiger charge is -2.16. The SMILES string of the molecule is C=Cc1nc(C)cc(Oc2ccc(NC(=O)Nc3cc(C(F)(F)F)ccc3OC)c3ccccc23)n1. The lowest BCUT2D eigenvalue weighted by molar-refractivity contribution is -0.137. The van der Waals surface area contributed by atoms with Gasteiger partial charge in [0.15, 0.2) is 5.82 Å². The van der Waals surface area contributed by atoms with Gasteiger partial charge in [-0.05, 0) is 43.3 Å². The van der Waals surface area contributed by atoms with Crippen LogP contribution in [0, 0.1) is 6.92 Å². The van der Waals surface area contributed by atoms with Crippen LogP contribution in [0.1, 0.15) is 17.1 Å². The highest BCUT2D eigenvalue weighted by molar-refractivity contribution is 6.08. The number of carbonyl (C=O) groups is 1. The molecule has 0 aliphatic heterocycles. The Labute approximate surface area is 204 Å². The van der Waals surface area contributed by atoms with Crippen molar-refractivity contribution in [3.8, 4) is 17.4 Å². The van der Waals surface area contributed by atoms with Gasteiger partial charge in [0.2, 0.25) is 5.88 Å². The van der Waals surface area contributed by atoms with E-state index in [0.29, 0.717) is 39.6 Å². The molecule has 7 nitrogen and oxygen atoms in total. The number of hydrogen-bond acceptors (Lipinski definition) is 5. The van der Waals surface area contributed by atoms with Gasteiger partial charge in [0.05, 0.1) is 24.0 Å². The van der Waals surface area contributed by atoms with E-state index in [-0.39, 0.29) is 11.4 Å². The van der Waals surface area contributed by atoms with Crippen molar-refractivity contribution in [1.29, 1.82) is 0 Å². The normalized spacial score (nSPS) is 11.1. The molecule has 0 aliphatic carbocycles. The number of amides is 2. The summed E-state index contributed by atoms with van der Waals surface area (Å²) < 4.78 is 50.5. The second-order valence-corrected chi connectivity index (χ2v) is 7.66. The Balaban J connectivity index is 1.61. The number of ether oxygens (including phenoxy) is 2. The summed E-state index contributed by atoms with van der Waals surface area (Å²) >= 11 is 0. The molecule has 36 heavy (non-hydrogen) atoms. The molecule has 0 fully saturated rings. The number of carbonyl (C=O) groups excluding carboxylic acids is 1. The van der Waals surface area contributed by atoms with Gasteiger partial charge in [-0.3, -0.25) is 0 Å². The van der Waals surface area contributed by atoms with E-state index in [9.17, 15) is 18.0 Å². The van der Waals surface area contributed by atoms with E-state index in [1.165, 1.54) is 13.2 Å². The van der Waals surface area contributed by atoms with E-state index >= 15 is 0 Å². The highest BCUT2D eigenvalue weighted by atomic mass is 19.4. The summed E-state index contributed by atoms with van der Waals surface area (Å²) in [5.74, 6) is 1.34. The Morgan fingerprint density at radius 2 is 1.64 bits per heavy atom. The lowest BCUT2D eigenvalue weighted by Crippen LogP contribution is -2.20. The quantitative estimate of drug-likeness (QED) is 0.300. The highest BCUT2D eigenvalue weighted by Crippen LogP contribution is 2.36. The molecule has 1 heterocycles. The number of fused-ring (bicyclic) bond motifs is 1. The van der Waals surface area contributed by atoms with E-state index in [1.807, 2.05) is 19.1 Å². The molecule has 0 atom stereocenters. The Morgan fingerprint density at radius 3 is 2.33 bits per heavy atom. The van der Waals surface area contributed by atoms with Crippen molar-refractivity contribution in [3.63, 3.8) is 0 Å². The molecular weight excluding hydrogens is 473 g/mol. The van der Waals surface area contributed by atoms with Gasteiger partial charge in [0.25, 0.3) is 0 Å². The summed E-state index contributed by atoms with van der Waals surface area (Å²) in [6.45, 7) is 5.49. The average Bonchev–Trinajstić information content (AvgIpc) is 2.84. The zero-order chi connectivity index (χ0) is 25.9. The number of aromatic nitrogens is 2. The van der Waals surface area contributed by atoms with Gasteiger partial charge < -0.3 is 20.1 Å². The van der Waals surface area contributed by atoms with E-state index in [4.69, 9.17) is 9.47 Å². The van der Waals surface area contributed by atoms with Gasteiger partial charge in [0, 0.05) is 22.5 Å². The minimum absolute atomic E-state index is 0.0887. The number of methoxy groups -OCH3 is 1. The number of urea groups is 1. The molecule has 0 aliphatic rings. The van der Waals surface area contributed by atoms with E-state index < -0.39 is 17.8 Å². The maximum absolute atomic E-state index is 13.1. The number of anilines is 2. The largest absolute Gasteiger partial charge is 0.495 e. The third-order valence-corrected chi connectivity index (χ3v) is 5.15. The second kappa shape index (κ2) is 9.95. The van der Waals surface area contributed by atoms with Crippen molar-refractivity contribution in [2.75, 3.05) is 17.7 Å². The van der Waals surface area contributed by atoms with Crippen molar-refractivity contribution < 1.29 is 27.4 Å². The number of benzene rings is 3. The van der Waals surface area contributed by atoms with Crippen molar-refractivity contribution in [2.24, 2.45) is 0 Å². The maximum Gasteiger partial charge on any atom is 0.416 e. The monoisotopic (exact) mass is 494 g/mol. The zero-order valence-corrected chi connectivity index (χ0v) is 19.3. The van der Waals surface area contributed by atoms with Crippen LogP contribution in [0.25, 0.3) is 16.8 Å². The molecule has 2 amide bonds. The van der Waals surface area contributed by atoms with Crippen molar-refractivity contribution in [3.05, 3.63) is 84.3 Å². The predicted octanol–water partition coefficient (Wildman–Crippen LogP) is 7.04. The van der Waals surface area contributed by atoms with Crippen LogP contribution in [0.4, 0.5) is 29.3 Å². The minimum atomic E-state index is -4.57. The van der Waals surface area contributed by atoms with Gasteiger partial charge in [-0.1, -0.05) is 30.8 Å². The third-order valence-electron chi connectivity index (χ3n) is 5.15. The first-order valence-corrected chi connectivity index (χ1v) is 10.7. The molecule has 4 aromatic rings. The molecule has 0 saturated carbocycles. The number of alkyl halides is 3. The fourth-order valence-electron chi connectivity index (χ4n) is 3.55. The number of halogens is 3. The third kappa shape index (κ3) is 5.38. The summed E-state index contributed by atoms with van der Waals surface area (Å²) in [6.07, 6.45) is -3.05. The fraction of sp³-hybridized carbons (Fsp3) is 0.115. The van der Waals surface area contributed by atoms with Crippen LogP contribution in [-0.2, 0) is 6.18 Å². The molecular formula is C26H21F3N4O3. The molecule has 0 radical (unpaired) electrons. The number of aryl methyl sites for hydroxylation is 1. The summed E-state index contributed by atoms with van der Waals surface area (Å²) in [5.41, 5.74) is 0.0996. The van der Waals surface area contributed by atoms with Crippen LogP contribution in [0.2, 0.25) is 0 Å². The first-order chi connectivity index (χ1) is 17.2. The molecule has 3 aromatic carbocycles. The van der Waals surface area contributed by atoms with Crippen LogP contribution in [0.3, 0.4) is 0 Å². The molecule has 2 N–H and O–H groups in total. The molecule has 1 aromatic heterocycles. The van der Waals surface area contributed by atoms with Gasteiger partial charge in [-0.25, -0.2) is 9.78 Å². The number of nitrogens with one attached hydrogen (secondary N) is 2. The summed E-state index contributed by atoms with van der Waals surface area (Å²) in [4.78, 5) is 21.2. The first kappa shape index (κ1) is 24.5. The molecule has 184 valence electrons. The number of rotatable bonds is 6. The van der Waals surface area contributed by atoms with Gasteiger partial charge >= 0.3 is 12.2 Å². The van der Waals surface area contributed by atoms with Crippen LogP contribution in [0.15, 0.2) is 67.2 Å². The maximum atomic E-state index is 13.1. The zero-order valence-electron chi connectivity index (χ0n) is 19.3. The van der Waals surface area contributed by atoms with Gasteiger partial charge in [-0.15, -0.1) is 0 Å². The first-order valence-electron chi connectivity index (χ1n) is 10.7. The Hall–Kier alpha value is -4.60. The highest BCUT2D eigenvalue weighted by Gasteiger charge is 2.31. The molecule has 0 unspecified atom stereocenters. The van der Waals surface area contributed by atoms with Crippen molar-refractivity contribution in [2.45, 2.75) is 13.1 Å². The van der Waals surface area contributed by atoms with Gasteiger partial charge in [-0.2, -0.15) is 18.2 Å². The summed E-state index contributed by atoms with van der Waals surface area (Å²) in [6, 6.07) is 14.3. The number of nitrogens with zero attached hydrogens (tertiary/aromatic N) is 2. The molecule has 0 bridgehead atoms. The van der Waals surface area contributed by atoms with Crippen LogP contribution >= 0.6 is 0 Å². The van der Waals surface area contributed by atoms with Crippen LogP contribution < -0.4 is 20.1 Å². The lowest BCUT2D eigenvalue weighted by atomic mass is 10.1. The summed E-state index contributed by atoms with van der Waals surface area (Å²) in [5, 5.41) is 6.44. The molecule has 10 heteroatoms. The van der Waals surface area contributed by atoms with Crippen molar-refractivity contribution >= 4 is 34.3 Å². The van der Waals surface area contributed by atoms with Crippen LogP contribution in [0.5, 0.6) is 17.4 Å². The molecule has 0 spiro atoms. The Kier molecular flexibility index (Phi) is 6.77. The average molecular weight is 494 g/mol. The fourth-order valence-corrected chi connectivity index (χ4v) is 3.55. The topological polar surface area (TPSA) is 85.4 Å². The van der Waals surface area contributed by atoms with E-state index in [2.05, 4.69) is 27.2 Å². The smallest absolute Gasteiger partial charge is 0.416 e. The van der Waals surface area contributed by atoms with E-state index in [1.54, 1.807) is 30.3 Å². The molecule has 4 rings (SSSR count). The Morgan fingerprint density at radius 1 is 0.944 bits per heavy atom. The Bertz CT molecular complexity index is 1450. The predicted molar refractivity (Wildman–Crippen MR) is 132 cm³/mol. The second-order valence-electron chi connectivity index (χ2n) is 7.66. The summed E-state index contributed by atoms with van der Waals surface area (Å²) in [7, 11) is 1.30. The standard InChI is InChI=1S/C26H21F3N4O3/c1-4-23-30-15(2)13-24(33-23)36-21-12-10-19(17-7-5-6-8-18(17)21)31-25(34)32-20-14-16(26(27,28)29)9-11-22(20)35-3/h4-14H,1H2,2-3H3,(H2,31,32,34). The van der Waals surface area contributed by atoms with Crippen LogP contribution in [-0.4, -0.2) is 23.1 Å². The number of hydrogen-bond donors (Lipinski definition) is 2. The molecule has 0 saturated heterocycles. The van der Waals surface area contributed by atoms with E-state index in [0.717, 1.165) is 18.2 Å².